The van der Waals surface area contributed by atoms with Crippen LogP contribution in [0.25, 0.3) is 0 Å². The summed E-state index contributed by atoms with van der Waals surface area (Å²) in [6.45, 7) is 1.72. The average Bonchev–Trinajstić information content (AvgIpc) is 3.08. The van der Waals surface area contributed by atoms with E-state index in [4.69, 9.17) is 0 Å². The smallest absolute Gasteiger partial charge is 0.226 e. The minimum absolute atomic E-state index is 0.188. The molecule has 1 saturated heterocycles. The third kappa shape index (κ3) is 2.86. The van der Waals surface area contributed by atoms with Crippen LogP contribution in [0.4, 0.5) is 11.4 Å². The zero-order chi connectivity index (χ0) is 18.2. The van der Waals surface area contributed by atoms with Gasteiger partial charge in [0.1, 0.15) is 0 Å². The van der Waals surface area contributed by atoms with E-state index in [1.54, 1.807) is 0 Å². The van der Waals surface area contributed by atoms with Crippen LogP contribution < -0.4 is 4.90 Å². The van der Waals surface area contributed by atoms with Gasteiger partial charge in [0.25, 0.3) is 0 Å². The number of carbonyl (C=O) groups excluding carboxylic acids is 1. The van der Waals surface area contributed by atoms with Crippen LogP contribution in [0.3, 0.4) is 0 Å². The molecule has 2 aliphatic heterocycles. The summed E-state index contributed by atoms with van der Waals surface area (Å²) < 4.78 is 0. The lowest BCUT2D eigenvalue weighted by Crippen LogP contribution is -2.48. The largest absolute Gasteiger partial charge is 0.342 e. The standard InChI is InChI=1S/C24H26N2O/c27-24(18-9-3-1-4-10-18)25-16-15-23-21(17-25)20-13-7-8-14-22(20)26(23)19-11-5-2-6-12-19/h1-3,5-8,11-14,18,21,23H,4,9-10,15-17H2/t18?,21-,23+/m1/s1. The SMILES string of the molecule is O=C(C1CC=CCC1)N1CC[C@H]2[C@H](C1)c1ccccc1N2c1ccccc1. The lowest BCUT2D eigenvalue weighted by atomic mass is 9.87. The first-order chi connectivity index (χ1) is 13.3. The number of carbonyl (C=O) groups is 1. The Kier molecular flexibility index (Phi) is 4.23. The molecular formula is C24H26N2O. The van der Waals surface area contributed by atoms with Crippen LogP contribution in [0.5, 0.6) is 0 Å². The average molecular weight is 358 g/mol. The highest BCUT2D eigenvalue weighted by atomic mass is 16.2. The van der Waals surface area contributed by atoms with Gasteiger partial charge in [-0.15, -0.1) is 0 Å². The molecule has 5 rings (SSSR count). The normalized spacial score (nSPS) is 26.6. The molecule has 0 bridgehead atoms. The number of likely N-dealkylation sites (tertiary alicyclic amines) is 1. The van der Waals surface area contributed by atoms with Crippen LogP contribution in [-0.4, -0.2) is 29.9 Å². The fourth-order valence-corrected chi connectivity index (χ4v) is 5.15. The molecule has 138 valence electrons. The maximum Gasteiger partial charge on any atom is 0.226 e. The lowest BCUT2D eigenvalue weighted by Gasteiger charge is -2.40. The number of hydrogen-bond acceptors (Lipinski definition) is 2. The summed E-state index contributed by atoms with van der Waals surface area (Å²) >= 11 is 0. The molecule has 2 aromatic rings. The van der Waals surface area contributed by atoms with Crippen molar-refractivity contribution >= 4 is 17.3 Å². The van der Waals surface area contributed by atoms with Crippen molar-refractivity contribution in [1.82, 2.24) is 4.90 Å². The summed E-state index contributed by atoms with van der Waals surface area (Å²) in [5.74, 6) is 0.958. The van der Waals surface area contributed by atoms with Gasteiger partial charge in [0, 0.05) is 42.3 Å². The summed E-state index contributed by atoms with van der Waals surface area (Å²) in [6, 6.07) is 19.9. The zero-order valence-corrected chi connectivity index (χ0v) is 15.6. The molecule has 0 N–H and O–H groups in total. The lowest BCUT2D eigenvalue weighted by molar-refractivity contribution is -0.137. The van der Waals surface area contributed by atoms with Gasteiger partial charge in [-0.2, -0.15) is 0 Å². The molecule has 0 saturated carbocycles. The van der Waals surface area contributed by atoms with Crippen molar-refractivity contribution < 1.29 is 4.79 Å². The maximum atomic E-state index is 13.1. The highest BCUT2D eigenvalue weighted by Gasteiger charge is 2.43. The Hall–Kier alpha value is -2.55. The van der Waals surface area contributed by atoms with E-state index in [0.717, 1.165) is 38.8 Å². The van der Waals surface area contributed by atoms with Crippen LogP contribution in [0.1, 0.15) is 37.2 Å². The van der Waals surface area contributed by atoms with Crippen molar-refractivity contribution in [2.75, 3.05) is 18.0 Å². The first-order valence-corrected chi connectivity index (χ1v) is 10.2. The summed E-state index contributed by atoms with van der Waals surface area (Å²) in [5, 5.41) is 0. The van der Waals surface area contributed by atoms with Crippen molar-refractivity contribution in [3.8, 4) is 0 Å². The maximum absolute atomic E-state index is 13.1. The van der Waals surface area contributed by atoms with Gasteiger partial charge >= 0.3 is 0 Å². The van der Waals surface area contributed by atoms with Crippen LogP contribution in [0, 0.1) is 5.92 Å². The van der Waals surface area contributed by atoms with Crippen LogP contribution in [-0.2, 0) is 4.79 Å². The molecular weight excluding hydrogens is 332 g/mol. The van der Waals surface area contributed by atoms with Crippen LogP contribution >= 0.6 is 0 Å². The van der Waals surface area contributed by atoms with E-state index in [-0.39, 0.29) is 5.92 Å². The molecule has 1 amide bonds. The summed E-state index contributed by atoms with van der Waals surface area (Å²) in [4.78, 5) is 17.7. The van der Waals surface area contributed by atoms with Crippen molar-refractivity contribution in [2.24, 2.45) is 5.92 Å². The fraction of sp³-hybridized carbons (Fsp3) is 0.375. The number of anilines is 2. The highest BCUT2D eigenvalue weighted by molar-refractivity contribution is 5.80. The predicted octanol–water partition coefficient (Wildman–Crippen LogP) is 4.88. The third-order valence-electron chi connectivity index (χ3n) is 6.47. The number of fused-ring (bicyclic) bond motifs is 3. The molecule has 0 radical (unpaired) electrons. The first kappa shape index (κ1) is 16.6. The van der Waals surface area contributed by atoms with Crippen LogP contribution in [0.2, 0.25) is 0 Å². The van der Waals surface area contributed by atoms with E-state index in [1.165, 1.54) is 16.9 Å². The van der Waals surface area contributed by atoms with Gasteiger partial charge in [-0.25, -0.2) is 0 Å². The second-order valence-corrected chi connectivity index (χ2v) is 7.99. The number of hydrogen-bond donors (Lipinski definition) is 0. The van der Waals surface area contributed by atoms with Gasteiger partial charge in [-0.3, -0.25) is 4.79 Å². The number of nitrogens with zero attached hydrogens (tertiary/aromatic N) is 2. The molecule has 0 aromatic heterocycles. The van der Waals surface area contributed by atoms with E-state index in [0.29, 0.717) is 17.9 Å². The second kappa shape index (κ2) is 6.88. The van der Waals surface area contributed by atoms with Crippen molar-refractivity contribution in [3.63, 3.8) is 0 Å². The molecule has 2 aromatic carbocycles. The number of amides is 1. The molecule has 3 nitrogen and oxygen atoms in total. The van der Waals surface area contributed by atoms with Gasteiger partial charge in [0.2, 0.25) is 5.91 Å². The topological polar surface area (TPSA) is 23.6 Å². The number of piperidine rings is 1. The molecule has 3 aliphatic rings. The summed E-state index contributed by atoms with van der Waals surface area (Å²) in [7, 11) is 0. The monoisotopic (exact) mass is 358 g/mol. The predicted molar refractivity (Wildman–Crippen MR) is 109 cm³/mol. The number of allylic oxidation sites excluding steroid dienone is 2. The first-order valence-electron chi connectivity index (χ1n) is 10.2. The van der Waals surface area contributed by atoms with Crippen molar-refractivity contribution in [1.29, 1.82) is 0 Å². The van der Waals surface area contributed by atoms with Crippen molar-refractivity contribution in [3.05, 3.63) is 72.3 Å². The Labute approximate surface area is 161 Å². The number of benzene rings is 2. The molecule has 27 heavy (non-hydrogen) atoms. The minimum atomic E-state index is 0.188. The molecule has 2 heterocycles. The Balaban J connectivity index is 1.43. The van der Waals surface area contributed by atoms with Gasteiger partial charge in [0.15, 0.2) is 0 Å². The molecule has 3 atom stereocenters. The Morgan fingerprint density at radius 3 is 2.56 bits per heavy atom. The number of para-hydroxylation sites is 2. The van der Waals surface area contributed by atoms with Gasteiger partial charge < -0.3 is 9.80 Å². The molecule has 3 heteroatoms. The van der Waals surface area contributed by atoms with Gasteiger partial charge in [-0.05, 0) is 49.4 Å². The minimum Gasteiger partial charge on any atom is -0.342 e. The molecule has 1 unspecified atom stereocenters. The van der Waals surface area contributed by atoms with E-state index in [9.17, 15) is 4.79 Å². The number of rotatable bonds is 2. The molecule has 1 fully saturated rings. The Morgan fingerprint density at radius 1 is 0.926 bits per heavy atom. The Bertz CT molecular complexity index is 860. The zero-order valence-electron chi connectivity index (χ0n) is 15.6. The third-order valence-corrected chi connectivity index (χ3v) is 6.47. The van der Waals surface area contributed by atoms with Crippen molar-refractivity contribution in [2.45, 2.75) is 37.6 Å². The van der Waals surface area contributed by atoms with Gasteiger partial charge in [0.05, 0.1) is 0 Å². The second-order valence-electron chi connectivity index (χ2n) is 7.99. The van der Waals surface area contributed by atoms with E-state index in [1.807, 2.05) is 0 Å². The summed E-state index contributed by atoms with van der Waals surface area (Å²) in [5.41, 5.74) is 3.97. The van der Waals surface area contributed by atoms with Crippen LogP contribution in [0.15, 0.2) is 66.7 Å². The van der Waals surface area contributed by atoms with E-state index < -0.39 is 0 Å². The van der Waals surface area contributed by atoms with Gasteiger partial charge in [-0.1, -0.05) is 48.6 Å². The Morgan fingerprint density at radius 2 is 1.74 bits per heavy atom. The fourth-order valence-electron chi connectivity index (χ4n) is 5.15. The molecule has 0 spiro atoms. The quantitative estimate of drug-likeness (QED) is 0.715. The highest BCUT2D eigenvalue weighted by Crippen LogP contribution is 2.48. The summed E-state index contributed by atoms with van der Waals surface area (Å²) in [6.07, 6.45) is 8.38. The molecule has 1 aliphatic carbocycles. The van der Waals surface area contributed by atoms with E-state index in [2.05, 4.69) is 76.5 Å². The van der Waals surface area contributed by atoms with E-state index >= 15 is 0 Å².